The van der Waals surface area contributed by atoms with Gasteiger partial charge in [-0.25, -0.2) is 4.98 Å². The number of hydrogen-bond donors (Lipinski definition) is 1. The van der Waals surface area contributed by atoms with Crippen molar-refractivity contribution in [2.45, 2.75) is 26.7 Å². The molecule has 0 atom stereocenters. The number of aromatic nitrogens is 2. The second-order valence-electron chi connectivity index (χ2n) is 6.65. The SMILES string of the molecule is CCCCNC(=O)c1nc(C(=O)N2CCN(C(C)=O)CC2)c2ccccn12. The number of carbonyl (C=O) groups excluding carboxylic acids is 3. The van der Waals surface area contributed by atoms with Gasteiger partial charge in [0, 0.05) is 45.8 Å². The predicted octanol–water partition coefficient (Wildman–Crippen LogP) is 1.17. The highest BCUT2D eigenvalue weighted by molar-refractivity contribution is 6.02. The lowest BCUT2D eigenvalue weighted by Crippen LogP contribution is -2.50. The van der Waals surface area contributed by atoms with Gasteiger partial charge in [0.15, 0.2) is 5.69 Å². The molecule has 0 bridgehead atoms. The second-order valence-corrected chi connectivity index (χ2v) is 6.65. The molecule has 1 aliphatic rings. The molecule has 1 fully saturated rings. The van der Waals surface area contributed by atoms with E-state index in [1.165, 1.54) is 6.92 Å². The number of amides is 3. The van der Waals surface area contributed by atoms with Crippen LogP contribution < -0.4 is 5.32 Å². The third-order valence-corrected chi connectivity index (χ3v) is 4.78. The maximum absolute atomic E-state index is 13.0. The minimum absolute atomic E-state index is 0.0144. The van der Waals surface area contributed by atoms with Crippen LogP contribution in [-0.4, -0.2) is 69.6 Å². The van der Waals surface area contributed by atoms with Crippen molar-refractivity contribution in [1.82, 2.24) is 24.5 Å². The molecule has 8 nitrogen and oxygen atoms in total. The molecule has 3 amide bonds. The molecule has 1 N–H and O–H groups in total. The topological polar surface area (TPSA) is 87.0 Å². The van der Waals surface area contributed by atoms with Crippen LogP contribution in [0.3, 0.4) is 0 Å². The van der Waals surface area contributed by atoms with Crippen molar-refractivity contribution in [3.63, 3.8) is 0 Å². The molecule has 2 aromatic rings. The van der Waals surface area contributed by atoms with E-state index in [1.54, 1.807) is 32.5 Å². The fraction of sp³-hybridized carbons (Fsp3) is 0.474. The molecule has 0 radical (unpaired) electrons. The smallest absolute Gasteiger partial charge is 0.287 e. The van der Waals surface area contributed by atoms with Crippen molar-refractivity contribution in [2.75, 3.05) is 32.7 Å². The quantitative estimate of drug-likeness (QED) is 0.800. The van der Waals surface area contributed by atoms with Crippen LogP contribution in [0.1, 0.15) is 47.8 Å². The molecule has 144 valence electrons. The molecule has 0 spiro atoms. The van der Waals surface area contributed by atoms with E-state index >= 15 is 0 Å². The van der Waals surface area contributed by atoms with E-state index in [0.29, 0.717) is 38.2 Å². The van der Waals surface area contributed by atoms with E-state index in [4.69, 9.17) is 0 Å². The van der Waals surface area contributed by atoms with Gasteiger partial charge < -0.3 is 15.1 Å². The van der Waals surface area contributed by atoms with Crippen LogP contribution in [0.5, 0.6) is 0 Å². The van der Waals surface area contributed by atoms with Crippen LogP contribution >= 0.6 is 0 Å². The van der Waals surface area contributed by atoms with Gasteiger partial charge in [-0.15, -0.1) is 0 Å². The Hall–Kier alpha value is -2.90. The highest BCUT2D eigenvalue weighted by Gasteiger charge is 2.28. The van der Waals surface area contributed by atoms with Crippen molar-refractivity contribution >= 4 is 23.2 Å². The van der Waals surface area contributed by atoms with Gasteiger partial charge in [0.25, 0.3) is 11.8 Å². The second kappa shape index (κ2) is 8.20. The zero-order valence-corrected chi connectivity index (χ0v) is 15.8. The number of imidazole rings is 1. The molecule has 0 saturated carbocycles. The number of nitrogens with zero attached hydrogens (tertiary/aromatic N) is 4. The highest BCUT2D eigenvalue weighted by Crippen LogP contribution is 2.17. The molecule has 3 rings (SSSR count). The molecule has 8 heteroatoms. The fourth-order valence-electron chi connectivity index (χ4n) is 3.19. The Morgan fingerprint density at radius 3 is 2.48 bits per heavy atom. The maximum atomic E-state index is 13.0. The first-order valence-corrected chi connectivity index (χ1v) is 9.33. The molecule has 0 aliphatic carbocycles. The Morgan fingerprint density at radius 1 is 1.11 bits per heavy atom. The number of piperazine rings is 1. The van der Waals surface area contributed by atoms with Gasteiger partial charge in [-0.3, -0.25) is 18.8 Å². The van der Waals surface area contributed by atoms with Crippen LogP contribution in [0.4, 0.5) is 0 Å². The maximum Gasteiger partial charge on any atom is 0.287 e. The lowest BCUT2D eigenvalue weighted by atomic mass is 10.2. The summed E-state index contributed by atoms with van der Waals surface area (Å²) in [7, 11) is 0. The third kappa shape index (κ3) is 3.94. The summed E-state index contributed by atoms with van der Waals surface area (Å²) < 4.78 is 1.65. The molecule has 2 aromatic heterocycles. The van der Waals surface area contributed by atoms with Crippen molar-refractivity contribution in [2.24, 2.45) is 0 Å². The Labute approximate surface area is 158 Å². The fourth-order valence-corrected chi connectivity index (χ4v) is 3.19. The van der Waals surface area contributed by atoms with Crippen molar-refractivity contribution in [3.05, 3.63) is 35.9 Å². The van der Waals surface area contributed by atoms with E-state index < -0.39 is 0 Å². The summed E-state index contributed by atoms with van der Waals surface area (Å²) in [6.45, 7) is 6.11. The molecule has 3 heterocycles. The van der Waals surface area contributed by atoms with Gasteiger partial charge in [-0.2, -0.15) is 0 Å². The van der Waals surface area contributed by atoms with Crippen LogP contribution in [-0.2, 0) is 4.79 Å². The van der Waals surface area contributed by atoms with Gasteiger partial charge in [0.05, 0.1) is 5.52 Å². The lowest BCUT2D eigenvalue weighted by Gasteiger charge is -2.33. The van der Waals surface area contributed by atoms with E-state index in [0.717, 1.165) is 12.8 Å². The van der Waals surface area contributed by atoms with Gasteiger partial charge in [0.1, 0.15) is 0 Å². The number of unbranched alkanes of at least 4 members (excludes halogenated alkanes) is 1. The van der Waals surface area contributed by atoms with E-state index in [-0.39, 0.29) is 29.2 Å². The lowest BCUT2D eigenvalue weighted by molar-refractivity contribution is -0.130. The monoisotopic (exact) mass is 371 g/mol. The Kier molecular flexibility index (Phi) is 5.73. The number of carbonyl (C=O) groups is 3. The predicted molar refractivity (Wildman–Crippen MR) is 101 cm³/mol. The molecule has 0 unspecified atom stereocenters. The van der Waals surface area contributed by atoms with Gasteiger partial charge in [-0.1, -0.05) is 19.4 Å². The van der Waals surface area contributed by atoms with Crippen LogP contribution in [0, 0.1) is 0 Å². The summed E-state index contributed by atoms with van der Waals surface area (Å²) >= 11 is 0. The molecular formula is C19H25N5O3. The first kappa shape index (κ1) is 18.9. The average molecular weight is 371 g/mol. The summed E-state index contributed by atoms with van der Waals surface area (Å²) in [6, 6.07) is 5.41. The number of pyridine rings is 1. The summed E-state index contributed by atoms with van der Waals surface area (Å²) in [6.07, 6.45) is 3.61. The van der Waals surface area contributed by atoms with E-state index in [2.05, 4.69) is 17.2 Å². The van der Waals surface area contributed by atoms with Crippen LogP contribution in [0.15, 0.2) is 24.4 Å². The summed E-state index contributed by atoms with van der Waals surface area (Å²) in [5.74, 6) is -0.271. The summed E-state index contributed by atoms with van der Waals surface area (Å²) in [4.78, 5) is 44.8. The van der Waals surface area contributed by atoms with Gasteiger partial charge in [-0.05, 0) is 18.6 Å². The normalized spacial score (nSPS) is 14.4. The zero-order chi connectivity index (χ0) is 19.4. The summed E-state index contributed by atoms with van der Waals surface area (Å²) in [5.41, 5.74) is 0.879. The van der Waals surface area contributed by atoms with Crippen molar-refractivity contribution < 1.29 is 14.4 Å². The Morgan fingerprint density at radius 2 is 1.81 bits per heavy atom. The minimum Gasteiger partial charge on any atom is -0.349 e. The van der Waals surface area contributed by atoms with Crippen LogP contribution in [0.2, 0.25) is 0 Å². The molecular weight excluding hydrogens is 346 g/mol. The van der Waals surface area contributed by atoms with E-state index in [9.17, 15) is 14.4 Å². The van der Waals surface area contributed by atoms with Crippen molar-refractivity contribution in [1.29, 1.82) is 0 Å². The Bertz CT molecular complexity index is 852. The number of rotatable bonds is 5. The number of fused-ring (bicyclic) bond motifs is 1. The molecule has 1 aliphatic heterocycles. The zero-order valence-electron chi connectivity index (χ0n) is 15.8. The van der Waals surface area contributed by atoms with Crippen molar-refractivity contribution in [3.8, 4) is 0 Å². The number of nitrogens with one attached hydrogen (secondary N) is 1. The molecule has 1 saturated heterocycles. The number of hydrogen-bond acceptors (Lipinski definition) is 4. The standard InChI is InChI=1S/C19H25N5O3/c1-3-4-8-20-18(26)17-21-16(15-7-5-6-9-24(15)17)19(27)23-12-10-22(11-13-23)14(2)25/h5-7,9H,3-4,8,10-13H2,1-2H3,(H,20,26). The minimum atomic E-state index is -0.287. The van der Waals surface area contributed by atoms with E-state index in [1.807, 2.05) is 6.07 Å². The first-order valence-electron chi connectivity index (χ1n) is 9.33. The molecule has 0 aromatic carbocycles. The van der Waals surface area contributed by atoms with Gasteiger partial charge in [0.2, 0.25) is 11.7 Å². The summed E-state index contributed by atoms with van der Waals surface area (Å²) in [5, 5.41) is 2.85. The van der Waals surface area contributed by atoms with Crippen LogP contribution in [0.25, 0.3) is 5.52 Å². The highest BCUT2D eigenvalue weighted by atomic mass is 16.2. The largest absolute Gasteiger partial charge is 0.349 e. The van der Waals surface area contributed by atoms with Gasteiger partial charge >= 0.3 is 0 Å². The third-order valence-electron chi connectivity index (χ3n) is 4.78. The average Bonchev–Trinajstić information content (AvgIpc) is 3.07. The molecule has 27 heavy (non-hydrogen) atoms. The Balaban J connectivity index is 1.83. The first-order chi connectivity index (χ1) is 13.0.